The third-order valence-electron chi connectivity index (χ3n) is 4.89. The van der Waals surface area contributed by atoms with Crippen LogP contribution in [0, 0.1) is 6.92 Å². The molecule has 0 aliphatic carbocycles. The molecule has 3 aromatic heterocycles. The number of carbonyl (C=O) groups excluding carboxylic acids is 1. The molecular formula is C18H17F3N4O2. The van der Waals surface area contributed by atoms with Gasteiger partial charge < -0.3 is 9.32 Å². The molecule has 0 N–H and O–H groups in total. The van der Waals surface area contributed by atoms with Crippen molar-refractivity contribution in [3.63, 3.8) is 0 Å². The van der Waals surface area contributed by atoms with Crippen LogP contribution in [0.2, 0.25) is 0 Å². The Balaban J connectivity index is 1.63. The van der Waals surface area contributed by atoms with E-state index in [-0.39, 0.29) is 11.8 Å². The summed E-state index contributed by atoms with van der Waals surface area (Å²) in [7, 11) is 0. The number of aryl methyl sites for hydroxylation is 1. The predicted molar refractivity (Wildman–Crippen MR) is 89.3 cm³/mol. The Morgan fingerprint density at radius 1 is 1.26 bits per heavy atom. The van der Waals surface area contributed by atoms with E-state index < -0.39 is 11.7 Å². The van der Waals surface area contributed by atoms with Crippen LogP contribution in [0.3, 0.4) is 0 Å². The molecule has 9 heteroatoms. The fraction of sp³-hybridized carbons (Fsp3) is 0.389. The zero-order valence-electron chi connectivity index (χ0n) is 14.5. The number of nitrogens with zero attached hydrogens (tertiary/aromatic N) is 4. The molecule has 27 heavy (non-hydrogen) atoms. The summed E-state index contributed by atoms with van der Waals surface area (Å²) in [5.41, 5.74) is 0.346. The van der Waals surface area contributed by atoms with Crippen LogP contribution in [-0.2, 0) is 6.18 Å². The molecule has 0 saturated carbocycles. The van der Waals surface area contributed by atoms with E-state index in [0.717, 1.165) is 30.7 Å². The summed E-state index contributed by atoms with van der Waals surface area (Å²) in [5, 5.41) is 8.08. The van der Waals surface area contributed by atoms with E-state index in [1.54, 1.807) is 17.9 Å². The van der Waals surface area contributed by atoms with Crippen LogP contribution in [-0.4, -0.2) is 38.5 Å². The van der Waals surface area contributed by atoms with Crippen LogP contribution in [0.25, 0.3) is 5.65 Å². The summed E-state index contributed by atoms with van der Waals surface area (Å²) in [6, 6.07) is 4.01. The fourth-order valence-electron chi connectivity index (χ4n) is 3.46. The van der Waals surface area contributed by atoms with Gasteiger partial charge in [0.1, 0.15) is 5.82 Å². The van der Waals surface area contributed by atoms with Gasteiger partial charge in [0.05, 0.1) is 11.8 Å². The number of aromatic nitrogens is 3. The zero-order valence-corrected chi connectivity index (χ0v) is 14.5. The second kappa shape index (κ2) is 6.40. The Morgan fingerprint density at radius 2 is 2.07 bits per heavy atom. The summed E-state index contributed by atoms with van der Waals surface area (Å²) >= 11 is 0. The summed E-state index contributed by atoms with van der Waals surface area (Å²) in [5.74, 6) is 0.314. The molecule has 0 spiro atoms. The highest BCUT2D eigenvalue weighted by molar-refractivity contribution is 5.92. The summed E-state index contributed by atoms with van der Waals surface area (Å²) in [6.07, 6.45) is -0.514. The average molecular weight is 378 g/mol. The second-order valence-electron chi connectivity index (χ2n) is 6.72. The van der Waals surface area contributed by atoms with Crippen LogP contribution in [0.5, 0.6) is 0 Å². The number of hydrogen-bond donors (Lipinski definition) is 0. The number of hydrogen-bond acceptors (Lipinski definition) is 4. The van der Waals surface area contributed by atoms with Gasteiger partial charge in [0.25, 0.3) is 5.91 Å². The lowest BCUT2D eigenvalue weighted by molar-refractivity contribution is -0.137. The van der Waals surface area contributed by atoms with Crippen LogP contribution in [0.1, 0.15) is 46.3 Å². The first-order valence-electron chi connectivity index (χ1n) is 8.60. The minimum Gasteiger partial charge on any atom is -0.459 e. The highest BCUT2D eigenvalue weighted by Gasteiger charge is 2.33. The summed E-state index contributed by atoms with van der Waals surface area (Å²) < 4.78 is 45.8. The first kappa shape index (κ1) is 17.6. The highest BCUT2D eigenvalue weighted by Crippen LogP contribution is 2.31. The molecule has 0 radical (unpaired) electrons. The fourth-order valence-corrected chi connectivity index (χ4v) is 3.46. The van der Waals surface area contributed by atoms with Crippen LogP contribution < -0.4 is 0 Å². The number of piperidine rings is 1. The molecule has 1 fully saturated rings. The highest BCUT2D eigenvalue weighted by atomic mass is 19.4. The maximum Gasteiger partial charge on any atom is 0.417 e. The molecule has 1 unspecified atom stereocenters. The van der Waals surface area contributed by atoms with Crippen molar-refractivity contribution in [3.8, 4) is 0 Å². The van der Waals surface area contributed by atoms with Crippen LogP contribution in [0.15, 0.2) is 35.1 Å². The third-order valence-corrected chi connectivity index (χ3v) is 4.89. The van der Waals surface area contributed by atoms with Gasteiger partial charge >= 0.3 is 6.18 Å². The first-order chi connectivity index (χ1) is 12.8. The summed E-state index contributed by atoms with van der Waals surface area (Å²) in [4.78, 5) is 14.3. The molecule has 6 nitrogen and oxygen atoms in total. The van der Waals surface area contributed by atoms with Crippen molar-refractivity contribution >= 4 is 11.6 Å². The smallest absolute Gasteiger partial charge is 0.417 e. The van der Waals surface area contributed by atoms with E-state index in [1.165, 1.54) is 16.7 Å². The van der Waals surface area contributed by atoms with Crippen molar-refractivity contribution in [2.45, 2.75) is 31.9 Å². The van der Waals surface area contributed by atoms with Gasteiger partial charge in [-0.2, -0.15) is 13.2 Å². The van der Waals surface area contributed by atoms with Gasteiger partial charge in [0.2, 0.25) is 0 Å². The molecule has 4 rings (SSSR count). The minimum absolute atomic E-state index is 0.198. The van der Waals surface area contributed by atoms with Gasteiger partial charge in [0, 0.05) is 30.8 Å². The Kier molecular flexibility index (Phi) is 4.16. The van der Waals surface area contributed by atoms with E-state index in [2.05, 4.69) is 10.2 Å². The SMILES string of the molecule is Cc1ccoc1C(=O)N1CCCC(c2nnc3ccc(C(F)(F)F)cn23)C1. The second-order valence-corrected chi connectivity index (χ2v) is 6.72. The standard InChI is InChI=1S/C18H17F3N4O2/c1-11-6-8-27-15(11)17(26)24-7-2-3-12(9-24)16-23-22-14-5-4-13(10-25(14)16)18(19,20)21/h4-6,8,10,12H,2-3,7,9H2,1H3. The minimum atomic E-state index is -4.44. The lowest BCUT2D eigenvalue weighted by atomic mass is 9.96. The lowest BCUT2D eigenvalue weighted by Gasteiger charge is -2.31. The van der Waals surface area contributed by atoms with Crippen molar-refractivity contribution in [1.29, 1.82) is 0 Å². The zero-order chi connectivity index (χ0) is 19.2. The predicted octanol–water partition coefficient (Wildman–Crippen LogP) is 3.67. The number of rotatable bonds is 2. The van der Waals surface area contributed by atoms with Crippen molar-refractivity contribution in [2.24, 2.45) is 0 Å². The maximum absolute atomic E-state index is 13.0. The number of pyridine rings is 1. The van der Waals surface area contributed by atoms with Gasteiger partial charge in [-0.3, -0.25) is 9.20 Å². The number of carbonyl (C=O) groups is 1. The van der Waals surface area contributed by atoms with E-state index >= 15 is 0 Å². The molecule has 0 bridgehead atoms. The lowest BCUT2D eigenvalue weighted by Crippen LogP contribution is -2.39. The number of furan rings is 1. The average Bonchev–Trinajstić information content (AvgIpc) is 3.26. The number of halogens is 3. The number of alkyl halides is 3. The Bertz CT molecular complexity index is 992. The Hall–Kier alpha value is -2.84. The first-order valence-corrected chi connectivity index (χ1v) is 8.60. The van der Waals surface area contributed by atoms with Crippen molar-refractivity contribution in [2.75, 3.05) is 13.1 Å². The van der Waals surface area contributed by atoms with Gasteiger partial charge in [-0.05, 0) is 38.0 Å². The monoisotopic (exact) mass is 378 g/mol. The van der Waals surface area contributed by atoms with Crippen molar-refractivity contribution < 1.29 is 22.4 Å². The normalized spacial score (nSPS) is 18.2. The topological polar surface area (TPSA) is 63.6 Å². The molecule has 0 aromatic carbocycles. The van der Waals surface area contributed by atoms with E-state index in [9.17, 15) is 18.0 Å². The Morgan fingerprint density at radius 3 is 2.78 bits per heavy atom. The van der Waals surface area contributed by atoms with Gasteiger partial charge in [-0.25, -0.2) is 0 Å². The van der Waals surface area contributed by atoms with Gasteiger partial charge in [0.15, 0.2) is 11.4 Å². The Labute approximate surface area is 152 Å². The number of amides is 1. The molecule has 1 aliphatic rings. The van der Waals surface area contributed by atoms with Crippen molar-refractivity contribution in [1.82, 2.24) is 19.5 Å². The molecule has 1 aliphatic heterocycles. The molecule has 4 heterocycles. The van der Waals surface area contributed by atoms with E-state index in [4.69, 9.17) is 4.42 Å². The van der Waals surface area contributed by atoms with Crippen LogP contribution >= 0.6 is 0 Å². The number of likely N-dealkylation sites (tertiary alicyclic amines) is 1. The molecule has 1 atom stereocenters. The van der Waals surface area contributed by atoms with Crippen molar-refractivity contribution in [3.05, 3.63) is 53.4 Å². The molecule has 1 saturated heterocycles. The number of fused-ring (bicyclic) bond motifs is 1. The molecular weight excluding hydrogens is 361 g/mol. The molecule has 1 amide bonds. The van der Waals surface area contributed by atoms with E-state index in [0.29, 0.717) is 30.3 Å². The third kappa shape index (κ3) is 3.17. The molecule has 142 valence electrons. The van der Waals surface area contributed by atoms with E-state index in [1.807, 2.05) is 0 Å². The maximum atomic E-state index is 13.0. The largest absolute Gasteiger partial charge is 0.459 e. The summed E-state index contributed by atoms with van der Waals surface area (Å²) in [6.45, 7) is 2.72. The quantitative estimate of drug-likeness (QED) is 0.683. The van der Waals surface area contributed by atoms with Gasteiger partial charge in [-0.15, -0.1) is 10.2 Å². The molecule has 3 aromatic rings. The van der Waals surface area contributed by atoms with Gasteiger partial charge in [-0.1, -0.05) is 0 Å². The van der Waals surface area contributed by atoms with Crippen LogP contribution in [0.4, 0.5) is 13.2 Å².